The van der Waals surface area contributed by atoms with E-state index in [0.717, 1.165) is 34.6 Å². The van der Waals surface area contributed by atoms with Crippen molar-refractivity contribution in [1.29, 1.82) is 0 Å². The maximum absolute atomic E-state index is 12.3. The van der Waals surface area contributed by atoms with E-state index >= 15 is 0 Å². The van der Waals surface area contributed by atoms with Gasteiger partial charge in [0.25, 0.3) is 0 Å². The smallest absolute Gasteiger partial charge is 0.220 e. The van der Waals surface area contributed by atoms with E-state index < -0.39 is 0 Å². The number of nitrogens with zero attached hydrogens (tertiary/aromatic N) is 1. The molecule has 4 rings (SSSR count). The summed E-state index contributed by atoms with van der Waals surface area (Å²) in [5.74, 6) is 1.76. The normalized spacial score (nSPS) is 14.7. The molecule has 5 nitrogen and oxygen atoms in total. The summed E-state index contributed by atoms with van der Waals surface area (Å²) in [4.78, 5) is 16.5. The molecular weight excluding hydrogens is 364 g/mol. The molecule has 0 radical (unpaired) electrons. The highest BCUT2D eigenvalue weighted by molar-refractivity contribution is 5.76. The van der Waals surface area contributed by atoms with Crippen LogP contribution < -0.4 is 14.8 Å². The van der Waals surface area contributed by atoms with Crippen molar-refractivity contribution in [1.82, 2.24) is 10.3 Å². The van der Waals surface area contributed by atoms with Crippen molar-refractivity contribution in [2.45, 2.75) is 25.4 Å². The highest BCUT2D eigenvalue weighted by Gasteiger charge is 2.26. The van der Waals surface area contributed by atoms with Crippen LogP contribution in [-0.4, -0.2) is 30.6 Å². The van der Waals surface area contributed by atoms with Gasteiger partial charge in [0.2, 0.25) is 5.91 Å². The lowest BCUT2D eigenvalue weighted by molar-refractivity contribution is -0.121. The Labute approximate surface area is 170 Å². The number of rotatable bonds is 7. The van der Waals surface area contributed by atoms with Crippen LogP contribution in [0.25, 0.3) is 11.1 Å². The van der Waals surface area contributed by atoms with Gasteiger partial charge in [-0.3, -0.25) is 9.78 Å². The zero-order valence-corrected chi connectivity index (χ0v) is 16.4. The highest BCUT2D eigenvalue weighted by Crippen LogP contribution is 2.38. The lowest BCUT2D eigenvalue weighted by Gasteiger charge is -2.13. The van der Waals surface area contributed by atoms with Crippen molar-refractivity contribution in [2.75, 3.05) is 13.7 Å². The molecule has 0 saturated heterocycles. The Hall–Kier alpha value is -3.34. The third-order valence-electron chi connectivity index (χ3n) is 5.13. The first-order chi connectivity index (χ1) is 14.2. The zero-order chi connectivity index (χ0) is 20.1. The standard InChI is InChI=1S/C24H24N2O3/c1-28-20-10-7-17(8-11-20)9-12-23(27)26-16-21-14-18-4-2-6-22(24(18)29-21)19-5-3-13-25-15-19/h2-8,10-11,13,15,21H,9,12,14,16H2,1H3,(H,26,27). The fourth-order valence-corrected chi connectivity index (χ4v) is 3.57. The topological polar surface area (TPSA) is 60.5 Å². The first-order valence-electron chi connectivity index (χ1n) is 9.81. The molecule has 0 bridgehead atoms. The minimum atomic E-state index is -0.0484. The van der Waals surface area contributed by atoms with Gasteiger partial charge < -0.3 is 14.8 Å². The first-order valence-corrected chi connectivity index (χ1v) is 9.81. The van der Waals surface area contributed by atoms with Crippen molar-refractivity contribution in [3.8, 4) is 22.6 Å². The SMILES string of the molecule is COc1ccc(CCC(=O)NCC2Cc3cccc(-c4cccnc4)c3O2)cc1. The summed E-state index contributed by atoms with van der Waals surface area (Å²) in [6.45, 7) is 0.503. The fraction of sp³-hybridized carbons (Fsp3) is 0.250. The quantitative estimate of drug-likeness (QED) is 0.669. The maximum atomic E-state index is 12.3. The number of para-hydroxylation sites is 1. The molecule has 1 amide bonds. The Balaban J connectivity index is 1.30. The van der Waals surface area contributed by atoms with Gasteiger partial charge in [-0.25, -0.2) is 0 Å². The van der Waals surface area contributed by atoms with Crippen molar-refractivity contribution >= 4 is 5.91 Å². The second kappa shape index (κ2) is 8.78. The van der Waals surface area contributed by atoms with Gasteiger partial charge in [0.15, 0.2) is 0 Å². The van der Waals surface area contributed by atoms with E-state index in [-0.39, 0.29) is 12.0 Å². The number of hydrogen-bond donors (Lipinski definition) is 1. The number of pyridine rings is 1. The second-order valence-corrected chi connectivity index (χ2v) is 7.13. The van der Waals surface area contributed by atoms with Gasteiger partial charge >= 0.3 is 0 Å². The summed E-state index contributed by atoms with van der Waals surface area (Å²) in [7, 11) is 1.64. The number of fused-ring (bicyclic) bond motifs is 1. The molecule has 1 aliphatic rings. The minimum Gasteiger partial charge on any atom is -0.497 e. The van der Waals surface area contributed by atoms with Gasteiger partial charge in [0.05, 0.1) is 13.7 Å². The summed E-state index contributed by atoms with van der Waals surface area (Å²) in [5, 5.41) is 3.01. The molecule has 148 valence electrons. The van der Waals surface area contributed by atoms with E-state index in [1.54, 1.807) is 13.3 Å². The molecule has 1 aliphatic heterocycles. The molecule has 1 atom stereocenters. The summed E-state index contributed by atoms with van der Waals surface area (Å²) in [6.07, 6.45) is 5.50. The van der Waals surface area contributed by atoms with Crippen LogP contribution in [-0.2, 0) is 17.6 Å². The number of methoxy groups -OCH3 is 1. The first kappa shape index (κ1) is 19.0. The molecule has 2 heterocycles. The monoisotopic (exact) mass is 388 g/mol. The molecule has 0 spiro atoms. The number of hydrogen-bond acceptors (Lipinski definition) is 4. The van der Waals surface area contributed by atoms with Gasteiger partial charge in [-0.2, -0.15) is 0 Å². The molecule has 29 heavy (non-hydrogen) atoms. The Bertz CT molecular complexity index is 971. The van der Waals surface area contributed by atoms with Crippen LogP contribution >= 0.6 is 0 Å². The number of ether oxygens (including phenoxy) is 2. The van der Waals surface area contributed by atoms with E-state index in [2.05, 4.69) is 16.4 Å². The average molecular weight is 388 g/mol. The van der Waals surface area contributed by atoms with Gasteiger partial charge in [0, 0.05) is 36.4 Å². The molecular formula is C24H24N2O3. The molecule has 0 fully saturated rings. The molecule has 0 aliphatic carbocycles. The van der Waals surface area contributed by atoms with Gasteiger partial charge in [-0.1, -0.05) is 36.4 Å². The van der Waals surface area contributed by atoms with Gasteiger partial charge in [-0.05, 0) is 35.7 Å². The number of carbonyl (C=O) groups is 1. The Kier molecular flexibility index (Phi) is 5.75. The Morgan fingerprint density at radius 2 is 2.03 bits per heavy atom. The zero-order valence-electron chi connectivity index (χ0n) is 16.4. The third kappa shape index (κ3) is 4.57. The van der Waals surface area contributed by atoms with Gasteiger partial charge in [-0.15, -0.1) is 0 Å². The molecule has 0 saturated carbocycles. The number of aromatic nitrogens is 1. The third-order valence-corrected chi connectivity index (χ3v) is 5.13. The number of amides is 1. The van der Waals surface area contributed by atoms with Gasteiger partial charge in [0.1, 0.15) is 17.6 Å². The van der Waals surface area contributed by atoms with Crippen molar-refractivity contribution in [2.24, 2.45) is 0 Å². The summed E-state index contributed by atoms with van der Waals surface area (Å²) >= 11 is 0. The van der Waals surface area contributed by atoms with Crippen molar-refractivity contribution in [3.05, 3.63) is 78.1 Å². The molecule has 1 aromatic heterocycles. The molecule has 1 unspecified atom stereocenters. The average Bonchev–Trinajstić information content (AvgIpc) is 3.20. The summed E-state index contributed by atoms with van der Waals surface area (Å²) < 4.78 is 11.3. The summed E-state index contributed by atoms with van der Waals surface area (Å²) in [6, 6.07) is 17.9. The van der Waals surface area contributed by atoms with E-state index in [4.69, 9.17) is 9.47 Å². The lowest BCUT2D eigenvalue weighted by atomic mass is 10.0. The molecule has 3 aromatic rings. The van der Waals surface area contributed by atoms with E-state index in [9.17, 15) is 4.79 Å². The largest absolute Gasteiger partial charge is 0.497 e. The number of benzene rings is 2. The lowest BCUT2D eigenvalue weighted by Crippen LogP contribution is -2.34. The molecule has 2 aromatic carbocycles. The van der Waals surface area contributed by atoms with Crippen LogP contribution in [0.15, 0.2) is 67.0 Å². The second-order valence-electron chi connectivity index (χ2n) is 7.13. The van der Waals surface area contributed by atoms with Crippen LogP contribution in [0.3, 0.4) is 0 Å². The highest BCUT2D eigenvalue weighted by atomic mass is 16.5. The van der Waals surface area contributed by atoms with Crippen LogP contribution in [0.4, 0.5) is 0 Å². The number of carbonyl (C=O) groups excluding carboxylic acids is 1. The van der Waals surface area contributed by atoms with Crippen LogP contribution in [0.5, 0.6) is 11.5 Å². The Morgan fingerprint density at radius 1 is 1.17 bits per heavy atom. The number of aryl methyl sites for hydroxylation is 1. The van der Waals surface area contributed by atoms with Crippen molar-refractivity contribution < 1.29 is 14.3 Å². The van der Waals surface area contributed by atoms with Crippen LogP contribution in [0.2, 0.25) is 0 Å². The van der Waals surface area contributed by atoms with Crippen LogP contribution in [0, 0.1) is 0 Å². The summed E-state index contributed by atoms with van der Waals surface area (Å²) in [5.41, 5.74) is 4.37. The van der Waals surface area contributed by atoms with E-state index in [0.29, 0.717) is 19.4 Å². The minimum absolute atomic E-state index is 0.0351. The van der Waals surface area contributed by atoms with E-state index in [1.165, 1.54) is 5.56 Å². The predicted octanol–water partition coefficient (Wildman–Crippen LogP) is 3.81. The number of nitrogens with one attached hydrogen (secondary N) is 1. The van der Waals surface area contributed by atoms with E-state index in [1.807, 2.05) is 54.7 Å². The van der Waals surface area contributed by atoms with Crippen LogP contribution in [0.1, 0.15) is 17.5 Å². The van der Waals surface area contributed by atoms with Crippen molar-refractivity contribution in [3.63, 3.8) is 0 Å². The predicted molar refractivity (Wildman–Crippen MR) is 112 cm³/mol. The maximum Gasteiger partial charge on any atom is 0.220 e. The molecule has 5 heteroatoms. The fourth-order valence-electron chi connectivity index (χ4n) is 3.57. The molecule has 1 N–H and O–H groups in total. The Morgan fingerprint density at radius 3 is 2.79 bits per heavy atom.